The fourth-order valence-electron chi connectivity index (χ4n) is 1.85. The number of rotatable bonds is 7. The number of thiazole rings is 1. The van der Waals surface area contributed by atoms with Crippen LogP contribution in [-0.4, -0.2) is 28.5 Å². The van der Waals surface area contributed by atoms with Crippen molar-refractivity contribution in [2.24, 2.45) is 0 Å². The van der Waals surface area contributed by atoms with Crippen LogP contribution in [0.15, 0.2) is 29.6 Å². The quantitative estimate of drug-likeness (QED) is 0.682. The number of carbonyl (C=O) groups excluding carboxylic acids is 1. The van der Waals surface area contributed by atoms with Crippen molar-refractivity contribution in [3.8, 4) is 11.3 Å². The highest BCUT2D eigenvalue weighted by Crippen LogP contribution is 2.26. The lowest BCUT2D eigenvalue weighted by Gasteiger charge is -2.03. The van der Waals surface area contributed by atoms with Crippen molar-refractivity contribution in [2.45, 2.75) is 19.8 Å². The Hall–Kier alpha value is -2.41. The number of aromatic nitrogens is 1. The fraction of sp³-hybridized carbons (Fsp3) is 0.267. The molecule has 0 fully saturated rings. The molecule has 1 aromatic heterocycles. The number of amides is 1. The number of hydrogen-bond acceptors (Lipinski definition) is 5. The normalized spacial score (nSPS) is 10.2. The van der Waals surface area contributed by atoms with Crippen LogP contribution in [0.25, 0.3) is 11.3 Å². The van der Waals surface area contributed by atoms with Crippen LogP contribution in [-0.2, 0) is 9.59 Å². The van der Waals surface area contributed by atoms with Gasteiger partial charge in [0.1, 0.15) is 0 Å². The number of carbonyl (C=O) groups is 2. The summed E-state index contributed by atoms with van der Waals surface area (Å²) in [6, 6.07) is 7.45. The summed E-state index contributed by atoms with van der Waals surface area (Å²) in [5, 5.41) is 17.1. The van der Waals surface area contributed by atoms with E-state index >= 15 is 0 Å². The van der Waals surface area contributed by atoms with Crippen LogP contribution in [0.2, 0.25) is 0 Å². The molecule has 0 atom stereocenters. The molecule has 0 saturated carbocycles. The first kappa shape index (κ1) is 16.0. The van der Waals surface area contributed by atoms with Crippen LogP contribution >= 0.6 is 11.3 Å². The van der Waals surface area contributed by atoms with Crippen molar-refractivity contribution < 1.29 is 14.7 Å². The fourth-order valence-corrected chi connectivity index (χ4v) is 2.60. The molecule has 1 amide bonds. The van der Waals surface area contributed by atoms with Gasteiger partial charge in [0.05, 0.1) is 5.69 Å². The van der Waals surface area contributed by atoms with E-state index in [0.717, 1.165) is 22.1 Å². The second kappa shape index (κ2) is 7.56. The summed E-state index contributed by atoms with van der Waals surface area (Å²) in [4.78, 5) is 25.9. The predicted molar refractivity (Wildman–Crippen MR) is 87.2 cm³/mol. The summed E-state index contributed by atoms with van der Waals surface area (Å²) in [6.45, 7) is 2.05. The molecule has 2 rings (SSSR count). The van der Waals surface area contributed by atoms with E-state index in [4.69, 9.17) is 5.11 Å². The van der Waals surface area contributed by atoms with Gasteiger partial charge in [-0.25, -0.2) is 4.98 Å². The number of carboxylic acids is 1. The summed E-state index contributed by atoms with van der Waals surface area (Å²) in [6.07, 6.45) is 0.714. The van der Waals surface area contributed by atoms with E-state index in [1.807, 2.05) is 29.6 Å². The van der Waals surface area contributed by atoms with Crippen molar-refractivity contribution in [3.05, 3.63) is 29.6 Å². The van der Waals surface area contributed by atoms with Crippen LogP contribution in [0.3, 0.4) is 0 Å². The van der Waals surface area contributed by atoms with E-state index in [-0.39, 0.29) is 12.3 Å². The molecule has 3 N–H and O–H groups in total. The monoisotopic (exact) mass is 319 g/mol. The molecule has 7 heteroatoms. The molecule has 2 aromatic rings. The standard InChI is InChI=1S/C15H17N3O3S/c1-10(19)17-12-6-4-11(5-7-12)13-9-22-15(18-13)16-8-2-3-14(20)21/h4-7,9H,2-3,8H2,1H3,(H,16,18)(H,17,19)(H,20,21). The lowest BCUT2D eigenvalue weighted by Crippen LogP contribution is -2.05. The van der Waals surface area contributed by atoms with Crippen molar-refractivity contribution >= 4 is 34.0 Å². The molecule has 116 valence electrons. The van der Waals surface area contributed by atoms with Crippen molar-refractivity contribution in [3.63, 3.8) is 0 Å². The highest BCUT2D eigenvalue weighted by Gasteiger charge is 2.05. The number of carboxylic acid groups (broad SMARTS) is 1. The molecule has 0 spiro atoms. The Balaban J connectivity index is 1.93. The number of nitrogens with zero attached hydrogens (tertiary/aromatic N) is 1. The zero-order valence-corrected chi connectivity index (χ0v) is 12.9. The van der Waals surface area contributed by atoms with E-state index in [2.05, 4.69) is 15.6 Å². The number of hydrogen-bond donors (Lipinski definition) is 3. The number of benzene rings is 1. The molecule has 1 heterocycles. The summed E-state index contributed by atoms with van der Waals surface area (Å²) in [7, 11) is 0. The smallest absolute Gasteiger partial charge is 0.303 e. The van der Waals surface area contributed by atoms with Gasteiger partial charge in [-0.15, -0.1) is 11.3 Å². The molecule has 0 aliphatic carbocycles. The van der Waals surface area contributed by atoms with Gasteiger partial charge in [0.25, 0.3) is 0 Å². The predicted octanol–water partition coefficient (Wildman–Crippen LogP) is 3.05. The number of aliphatic carboxylic acids is 1. The summed E-state index contributed by atoms with van der Waals surface area (Å²) >= 11 is 1.48. The van der Waals surface area contributed by atoms with Gasteiger partial charge < -0.3 is 15.7 Å². The third-order valence-corrected chi connectivity index (χ3v) is 3.65. The zero-order chi connectivity index (χ0) is 15.9. The molecule has 0 bridgehead atoms. The lowest BCUT2D eigenvalue weighted by atomic mass is 10.1. The molecule has 0 radical (unpaired) electrons. The van der Waals surface area contributed by atoms with Crippen molar-refractivity contribution in [1.29, 1.82) is 0 Å². The second-order valence-electron chi connectivity index (χ2n) is 4.72. The Kier molecular flexibility index (Phi) is 5.48. The Bertz CT molecular complexity index is 652. The Morgan fingerprint density at radius 3 is 2.64 bits per heavy atom. The largest absolute Gasteiger partial charge is 0.481 e. The lowest BCUT2D eigenvalue weighted by molar-refractivity contribution is -0.137. The van der Waals surface area contributed by atoms with E-state index in [0.29, 0.717) is 13.0 Å². The average Bonchev–Trinajstić information content (AvgIpc) is 2.92. The maximum Gasteiger partial charge on any atom is 0.303 e. The molecule has 0 saturated heterocycles. The average molecular weight is 319 g/mol. The van der Waals surface area contributed by atoms with E-state index < -0.39 is 5.97 Å². The minimum absolute atomic E-state index is 0.103. The highest BCUT2D eigenvalue weighted by atomic mass is 32.1. The minimum atomic E-state index is -0.791. The van der Waals surface area contributed by atoms with E-state index in [1.165, 1.54) is 18.3 Å². The van der Waals surface area contributed by atoms with Crippen molar-refractivity contribution in [2.75, 3.05) is 17.2 Å². The SMILES string of the molecule is CC(=O)Nc1ccc(-c2csc(NCCCC(=O)O)n2)cc1. The van der Waals surface area contributed by atoms with Gasteiger partial charge in [-0.05, 0) is 18.6 Å². The molecule has 1 aromatic carbocycles. The van der Waals surface area contributed by atoms with E-state index in [1.54, 1.807) is 0 Å². The first-order valence-corrected chi connectivity index (χ1v) is 7.72. The van der Waals surface area contributed by atoms with Crippen LogP contribution < -0.4 is 10.6 Å². The third-order valence-electron chi connectivity index (χ3n) is 2.85. The van der Waals surface area contributed by atoms with E-state index in [9.17, 15) is 9.59 Å². The Morgan fingerprint density at radius 1 is 1.27 bits per heavy atom. The van der Waals surface area contributed by atoms with Gasteiger partial charge in [-0.3, -0.25) is 9.59 Å². The summed E-state index contributed by atoms with van der Waals surface area (Å²) < 4.78 is 0. The first-order valence-electron chi connectivity index (χ1n) is 6.84. The number of nitrogens with one attached hydrogen (secondary N) is 2. The van der Waals surface area contributed by atoms with Crippen molar-refractivity contribution in [1.82, 2.24) is 4.98 Å². The molecule has 22 heavy (non-hydrogen) atoms. The van der Waals surface area contributed by atoms with Gasteiger partial charge in [-0.1, -0.05) is 12.1 Å². The maximum absolute atomic E-state index is 11.0. The molecule has 0 aliphatic rings. The molecule has 0 aliphatic heterocycles. The summed E-state index contributed by atoms with van der Waals surface area (Å²) in [5.74, 6) is -0.893. The minimum Gasteiger partial charge on any atom is -0.481 e. The van der Waals surface area contributed by atoms with Crippen LogP contribution in [0, 0.1) is 0 Å². The zero-order valence-electron chi connectivity index (χ0n) is 12.1. The maximum atomic E-state index is 11.0. The van der Waals surface area contributed by atoms with Gasteiger partial charge in [0.2, 0.25) is 5.91 Å². The van der Waals surface area contributed by atoms with Gasteiger partial charge in [0.15, 0.2) is 5.13 Å². The van der Waals surface area contributed by atoms with Gasteiger partial charge >= 0.3 is 5.97 Å². The van der Waals surface area contributed by atoms with Crippen LogP contribution in [0.1, 0.15) is 19.8 Å². The molecule has 6 nitrogen and oxygen atoms in total. The Labute approximate surface area is 132 Å². The van der Waals surface area contributed by atoms with Gasteiger partial charge in [-0.2, -0.15) is 0 Å². The topological polar surface area (TPSA) is 91.3 Å². The summed E-state index contributed by atoms with van der Waals surface area (Å²) in [5.41, 5.74) is 2.56. The first-order chi connectivity index (χ1) is 10.5. The van der Waals surface area contributed by atoms with Crippen LogP contribution in [0.5, 0.6) is 0 Å². The molecular weight excluding hydrogens is 302 g/mol. The molecule has 0 unspecified atom stereocenters. The highest BCUT2D eigenvalue weighted by molar-refractivity contribution is 7.14. The third kappa shape index (κ3) is 4.85. The Morgan fingerprint density at radius 2 is 2.00 bits per heavy atom. The molecular formula is C15H17N3O3S. The van der Waals surface area contributed by atoms with Gasteiger partial charge in [0, 0.05) is 36.5 Å². The van der Waals surface area contributed by atoms with Crippen LogP contribution in [0.4, 0.5) is 10.8 Å². The number of anilines is 2. The second-order valence-corrected chi connectivity index (χ2v) is 5.58.